The number of benzene rings is 1. The largest absolute Gasteiger partial charge is 0.466 e. The number of carbonyl (C=O) groups excluding carboxylic acids is 2. The monoisotopic (exact) mass is 366 g/mol. The normalized spacial score (nSPS) is 19.5. The van der Waals surface area contributed by atoms with E-state index in [2.05, 4.69) is 5.32 Å². The van der Waals surface area contributed by atoms with Crippen molar-refractivity contribution in [2.24, 2.45) is 0 Å². The van der Waals surface area contributed by atoms with Crippen LogP contribution in [0.3, 0.4) is 0 Å². The van der Waals surface area contributed by atoms with Crippen LogP contribution in [-0.4, -0.2) is 54.6 Å². The number of β-amino-alcohol motifs (C(OH)–C–C–N with tert-alkyl or cyclic N) is 1. The van der Waals surface area contributed by atoms with Crippen molar-refractivity contribution < 1.29 is 28.2 Å². The molecule has 26 heavy (non-hydrogen) atoms. The molecule has 140 valence electrons. The van der Waals surface area contributed by atoms with E-state index in [1.807, 2.05) is 0 Å². The van der Waals surface area contributed by atoms with Gasteiger partial charge in [0.1, 0.15) is 5.70 Å². The smallest absolute Gasteiger partial charge is 0.337 e. The molecule has 6 nitrogen and oxygen atoms in total. The molecule has 1 aliphatic carbocycles. The number of amides is 1. The SMILES string of the molecule is COC(=O)C1=C(Nc2cccc(C3CC(F)(F)C3)c2)C(=O)N(CCO)C1. The van der Waals surface area contributed by atoms with Gasteiger partial charge in [0.05, 0.1) is 25.8 Å². The average molecular weight is 366 g/mol. The van der Waals surface area contributed by atoms with Crippen LogP contribution in [0.25, 0.3) is 0 Å². The number of hydrogen-bond acceptors (Lipinski definition) is 5. The Morgan fingerprint density at radius 2 is 2.15 bits per heavy atom. The number of nitrogens with one attached hydrogen (secondary N) is 1. The van der Waals surface area contributed by atoms with Crippen molar-refractivity contribution in [1.29, 1.82) is 0 Å². The van der Waals surface area contributed by atoms with Crippen molar-refractivity contribution in [2.75, 3.05) is 32.1 Å². The maximum absolute atomic E-state index is 13.1. The summed E-state index contributed by atoms with van der Waals surface area (Å²) in [6, 6.07) is 6.90. The van der Waals surface area contributed by atoms with E-state index >= 15 is 0 Å². The second-order valence-electron chi connectivity index (χ2n) is 6.51. The lowest BCUT2D eigenvalue weighted by Crippen LogP contribution is -2.33. The first kappa shape index (κ1) is 18.3. The minimum absolute atomic E-state index is 0.0446. The van der Waals surface area contributed by atoms with Crippen LogP contribution in [0.1, 0.15) is 24.3 Å². The molecule has 1 amide bonds. The second-order valence-corrected chi connectivity index (χ2v) is 6.51. The van der Waals surface area contributed by atoms with Crippen LogP contribution in [-0.2, 0) is 14.3 Å². The Labute approximate surface area is 149 Å². The lowest BCUT2D eigenvalue weighted by Gasteiger charge is -2.35. The number of rotatable bonds is 6. The van der Waals surface area contributed by atoms with Crippen LogP contribution in [0.5, 0.6) is 0 Å². The first-order valence-corrected chi connectivity index (χ1v) is 8.31. The molecule has 0 saturated heterocycles. The second kappa shape index (κ2) is 7.03. The molecule has 1 saturated carbocycles. The average Bonchev–Trinajstić information content (AvgIpc) is 2.89. The number of hydrogen-bond donors (Lipinski definition) is 2. The highest BCUT2D eigenvalue weighted by Gasteiger charge is 2.45. The van der Waals surface area contributed by atoms with Gasteiger partial charge in [-0.2, -0.15) is 0 Å². The number of methoxy groups -OCH3 is 1. The van der Waals surface area contributed by atoms with Crippen LogP contribution in [0.4, 0.5) is 14.5 Å². The number of aliphatic hydroxyl groups excluding tert-OH is 1. The Morgan fingerprint density at radius 3 is 2.77 bits per heavy atom. The zero-order valence-electron chi connectivity index (χ0n) is 14.3. The standard InChI is InChI=1S/C18H20F2N2O4/c1-26-17(25)14-10-22(5-6-23)16(24)15(14)21-13-4-2-3-11(7-13)12-8-18(19,20)9-12/h2-4,7,12,21,23H,5-6,8-10H2,1H3. The number of ether oxygens (including phenoxy) is 1. The first-order chi connectivity index (χ1) is 12.3. The van der Waals surface area contributed by atoms with Gasteiger partial charge >= 0.3 is 5.97 Å². The zero-order valence-corrected chi connectivity index (χ0v) is 14.3. The molecule has 3 rings (SSSR count). The Bertz CT molecular complexity index is 755. The van der Waals surface area contributed by atoms with Gasteiger partial charge in [0.25, 0.3) is 5.91 Å². The van der Waals surface area contributed by atoms with E-state index in [9.17, 15) is 18.4 Å². The number of halogens is 2. The van der Waals surface area contributed by atoms with Crippen molar-refractivity contribution in [3.63, 3.8) is 0 Å². The molecule has 0 atom stereocenters. The van der Waals surface area contributed by atoms with Crippen molar-refractivity contribution in [3.05, 3.63) is 41.1 Å². The number of nitrogens with zero attached hydrogens (tertiary/aromatic N) is 1. The maximum Gasteiger partial charge on any atom is 0.337 e. The molecule has 2 aliphatic rings. The summed E-state index contributed by atoms with van der Waals surface area (Å²) in [5.41, 5.74) is 1.56. The third-order valence-corrected chi connectivity index (χ3v) is 4.67. The molecule has 2 N–H and O–H groups in total. The molecule has 0 radical (unpaired) electrons. The van der Waals surface area contributed by atoms with Gasteiger partial charge in [0.15, 0.2) is 0 Å². The van der Waals surface area contributed by atoms with Gasteiger partial charge in [-0.15, -0.1) is 0 Å². The van der Waals surface area contributed by atoms with Gasteiger partial charge in [-0.25, -0.2) is 13.6 Å². The van der Waals surface area contributed by atoms with E-state index < -0.39 is 17.8 Å². The van der Waals surface area contributed by atoms with E-state index in [1.165, 1.54) is 12.0 Å². The predicted molar refractivity (Wildman–Crippen MR) is 89.7 cm³/mol. The summed E-state index contributed by atoms with van der Waals surface area (Å²) in [6.07, 6.45) is -0.370. The Kier molecular flexibility index (Phi) is 4.95. The number of aliphatic hydroxyl groups is 1. The molecule has 1 aromatic carbocycles. The Morgan fingerprint density at radius 1 is 1.42 bits per heavy atom. The lowest BCUT2D eigenvalue weighted by atomic mass is 9.77. The molecule has 1 aliphatic heterocycles. The Balaban J connectivity index is 1.81. The molecule has 1 heterocycles. The van der Waals surface area contributed by atoms with Gasteiger partial charge in [0, 0.05) is 25.1 Å². The van der Waals surface area contributed by atoms with E-state index in [0.717, 1.165) is 5.56 Å². The zero-order chi connectivity index (χ0) is 18.9. The van der Waals surface area contributed by atoms with Gasteiger partial charge < -0.3 is 20.1 Å². The molecule has 0 unspecified atom stereocenters. The molecular weight excluding hydrogens is 346 g/mol. The third-order valence-electron chi connectivity index (χ3n) is 4.67. The van der Waals surface area contributed by atoms with Crippen molar-refractivity contribution in [2.45, 2.75) is 24.7 Å². The Hall–Kier alpha value is -2.48. The summed E-state index contributed by atoms with van der Waals surface area (Å²) in [7, 11) is 1.23. The topological polar surface area (TPSA) is 78.9 Å². The summed E-state index contributed by atoms with van der Waals surface area (Å²) in [4.78, 5) is 25.8. The summed E-state index contributed by atoms with van der Waals surface area (Å²) in [5.74, 6) is -3.87. The van der Waals surface area contributed by atoms with Crippen LogP contribution in [0.2, 0.25) is 0 Å². The van der Waals surface area contributed by atoms with Crippen LogP contribution < -0.4 is 5.32 Å². The molecule has 0 aromatic heterocycles. The van der Waals surface area contributed by atoms with Gasteiger partial charge in [-0.3, -0.25) is 4.79 Å². The van der Waals surface area contributed by atoms with Crippen molar-refractivity contribution in [3.8, 4) is 0 Å². The third kappa shape index (κ3) is 3.55. The van der Waals surface area contributed by atoms with Crippen molar-refractivity contribution >= 4 is 17.6 Å². The quantitative estimate of drug-likeness (QED) is 0.752. The fraction of sp³-hybridized carbons (Fsp3) is 0.444. The summed E-state index contributed by atoms with van der Waals surface area (Å²) < 4.78 is 30.9. The highest BCUT2D eigenvalue weighted by molar-refractivity contribution is 6.08. The number of esters is 1. The summed E-state index contributed by atoms with van der Waals surface area (Å²) in [6.45, 7) is -0.0799. The molecule has 0 spiro atoms. The van der Waals surface area contributed by atoms with E-state index in [4.69, 9.17) is 9.84 Å². The van der Waals surface area contributed by atoms with Crippen molar-refractivity contribution in [1.82, 2.24) is 4.90 Å². The molecular formula is C18H20F2N2O4. The summed E-state index contributed by atoms with van der Waals surface area (Å²) >= 11 is 0. The fourth-order valence-electron chi connectivity index (χ4n) is 3.26. The number of carbonyl (C=O) groups is 2. The minimum atomic E-state index is -2.61. The van der Waals surface area contributed by atoms with E-state index in [0.29, 0.717) is 5.69 Å². The summed E-state index contributed by atoms with van der Waals surface area (Å²) in [5, 5.41) is 12.0. The predicted octanol–water partition coefficient (Wildman–Crippen LogP) is 1.87. The minimum Gasteiger partial charge on any atom is -0.466 e. The van der Waals surface area contributed by atoms with E-state index in [-0.39, 0.29) is 49.7 Å². The fourth-order valence-corrected chi connectivity index (χ4v) is 3.26. The van der Waals surface area contributed by atoms with Crippen LogP contribution >= 0.6 is 0 Å². The van der Waals surface area contributed by atoms with Crippen LogP contribution in [0, 0.1) is 0 Å². The van der Waals surface area contributed by atoms with Crippen LogP contribution in [0.15, 0.2) is 35.5 Å². The van der Waals surface area contributed by atoms with Gasteiger partial charge in [-0.1, -0.05) is 12.1 Å². The molecule has 1 aromatic rings. The highest BCUT2D eigenvalue weighted by Crippen LogP contribution is 2.48. The maximum atomic E-state index is 13.1. The molecule has 1 fully saturated rings. The number of alkyl halides is 2. The molecule has 0 bridgehead atoms. The lowest BCUT2D eigenvalue weighted by molar-refractivity contribution is -0.136. The van der Waals surface area contributed by atoms with E-state index in [1.54, 1.807) is 24.3 Å². The molecule has 8 heteroatoms. The van der Waals surface area contributed by atoms with Gasteiger partial charge in [-0.05, 0) is 23.6 Å². The first-order valence-electron chi connectivity index (χ1n) is 8.31. The highest BCUT2D eigenvalue weighted by atomic mass is 19.3. The number of anilines is 1. The van der Waals surface area contributed by atoms with Gasteiger partial charge in [0.2, 0.25) is 5.92 Å².